The van der Waals surface area contributed by atoms with Gasteiger partial charge in [0.1, 0.15) is 6.17 Å². The third-order valence-electron chi connectivity index (χ3n) is 1.44. The van der Waals surface area contributed by atoms with E-state index in [1.54, 1.807) is 24.3 Å². The minimum Gasteiger partial charge on any atom is -0.327 e. The minimum atomic E-state index is -1.08. The van der Waals surface area contributed by atoms with Crippen molar-refractivity contribution in [3.8, 4) is 0 Å². The lowest BCUT2D eigenvalue weighted by Crippen LogP contribution is -2.07. The summed E-state index contributed by atoms with van der Waals surface area (Å²) in [4.78, 5) is 0. The molecular formula is C8H9ClFN. The van der Waals surface area contributed by atoms with Crippen molar-refractivity contribution in [1.29, 1.82) is 0 Å². The summed E-state index contributed by atoms with van der Waals surface area (Å²) in [5.74, 6) is 0. The monoisotopic (exact) mass is 173 g/mol. The first-order valence-electron chi connectivity index (χ1n) is 3.33. The Hall–Kier alpha value is -0.600. The van der Waals surface area contributed by atoms with Crippen molar-refractivity contribution in [2.75, 3.05) is 6.54 Å². The van der Waals surface area contributed by atoms with Crippen LogP contribution in [0.25, 0.3) is 0 Å². The predicted octanol–water partition coefficient (Wildman–Crippen LogP) is 2.31. The van der Waals surface area contributed by atoms with E-state index < -0.39 is 6.17 Å². The first-order valence-corrected chi connectivity index (χ1v) is 3.71. The molecule has 1 atom stereocenters. The molecular weight excluding hydrogens is 165 g/mol. The van der Waals surface area contributed by atoms with Gasteiger partial charge in [-0.3, -0.25) is 0 Å². The summed E-state index contributed by atoms with van der Waals surface area (Å²) < 4.78 is 12.8. The molecule has 11 heavy (non-hydrogen) atoms. The summed E-state index contributed by atoms with van der Waals surface area (Å²) in [6.45, 7) is 0.0155. The van der Waals surface area contributed by atoms with E-state index >= 15 is 0 Å². The fraction of sp³-hybridized carbons (Fsp3) is 0.250. The number of alkyl halides is 1. The smallest absolute Gasteiger partial charge is 0.137 e. The largest absolute Gasteiger partial charge is 0.327 e. The lowest BCUT2D eigenvalue weighted by atomic mass is 10.1. The molecule has 0 spiro atoms. The van der Waals surface area contributed by atoms with E-state index in [2.05, 4.69) is 0 Å². The van der Waals surface area contributed by atoms with Gasteiger partial charge in [-0.05, 0) is 17.7 Å². The van der Waals surface area contributed by atoms with Crippen molar-refractivity contribution in [3.63, 3.8) is 0 Å². The van der Waals surface area contributed by atoms with Crippen molar-refractivity contribution < 1.29 is 4.39 Å². The quantitative estimate of drug-likeness (QED) is 0.730. The Bertz CT molecular complexity index is 222. The van der Waals surface area contributed by atoms with Crippen LogP contribution in [0, 0.1) is 0 Å². The average molecular weight is 174 g/mol. The van der Waals surface area contributed by atoms with E-state index in [9.17, 15) is 4.39 Å². The molecule has 0 saturated carbocycles. The van der Waals surface area contributed by atoms with Gasteiger partial charge in [0.25, 0.3) is 0 Å². The molecule has 0 heterocycles. The van der Waals surface area contributed by atoms with Gasteiger partial charge >= 0.3 is 0 Å². The normalized spacial score (nSPS) is 13.0. The lowest BCUT2D eigenvalue weighted by Gasteiger charge is -2.03. The molecule has 2 N–H and O–H groups in total. The van der Waals surface area contributed by atoms with E-state index in [1.165, 1.54) is 0 Å². The Morgan fingerprint density at radius 1 is 1.36 bits per heavy atom. The van der Waals surface area contributed by atoms with Gasteiger partial charge in [0.2, 0.25) is 0 Å². The van der Waals surface area contributed by atoms with Crippen molar-refractivity contribution >= 4 is 11.6 Å². The highest BCUT2D eigenvalue weighted by Gasteiger charge is 2.05. The van der Waals surface area contributed by atoms with E-state index in [1.807, 2.05) is 0 Å². The van der Waals surface area contributed by atoms with Crippen LogP contribution in [0.2, 0.25) is 5.02 Å². The van der Waals surface area contributed by atoms with Gasteiger partial charge in [-0.15, -0.1) is 0 Å². The summed E-state index contributed by atoms with van der Waals surface area (Å²) >= 11 is 5.61. The van der Waals surface area contributed by atoms with Crippen molar-refractivity contribution in [1.82, 2.24) is 0 Å². The maximum atomic E-state index is 12.8. The van der Waals surface area contributed by atoms with E-state index in [0.29, 0.717) is 10.6 Å². The van der Waals surface area contributed by atoms with Crippen LogP contribution < -0.4 is 5.73 Å². The minimum absolute atomic E-state index is 0.0155. The van der Waals surface area contributed by atoms with Crippen molar-refractivity contribution in [2.45, 2.75) is 6.17 Å². The van der Waals surface area contributed by atoms with Crippen molar-refractivity contribution in [2.24, 2.45) is 5.73 Å². The highest BCUT2D eigenvalue weighted by Crippen LogP contribution is 2.17. The van der Waals surface area contributed by atoms with E-state index in [0.717, 1.165) is 0 Å². The lowest BCUT2D eigenvalue weighted by molar-refractivity contribution is 0.353. The molecule has 0 aromatic heterocycles. The molecule has 1 nitrogen and oxygen atoms in total. The third kappa shape index (κ3) is 2.17. The molecule has 0 amide bonds. The molecule has 0 aliphatic rings. The number of halogens is 2. The number of rotatable bonds is 2. The number of hydrogen-bond donors (Lipinski definition) is 1. The first kappa shape index (κ1) is 8.50. The maximum Gasteiger partial charge on any atom is 0.137 e. The van der Waals surface area contributed by atoms with Gasteiger partial charge in [-0.2, -0.15) is 0 Å². The summed E-state index contributed by atoms with van der Waals surface area (Å²) in [6, 6.07) is 6.58. The van der Waals surface area contributed by atoms with Gasteiger partial charge in [-0.25, -0.2) is 4.39 Å². The van der Waals surface area contributed by atoms with E-state index in [-0.39, 0.29) is 6.54 Å². The average Bonchev–Trinajstić information content (AvgIpc) is 2.05. The second-order valence-corrected chi connectivity index (χ2v) is 2.69. The number of hydrogen-bond acceptors (Lipinski definition) is 1. The fourth-order valence-corrected chi connectivity index (χ4v) is 0.934. The van der Waals surface area contributed by atoms with E-state index in [4.69, 9.17) is 17.3 Å². The molecule has 0 fully saturated rings. The van der Waals surface area contributed by atoms with Crippen LogP contribution in [0.1, 0.15) is 11.7 Å². The molecule has 3 heteroatoms. The Kier molecular flexibility index (Phi) is 2.85. The van der Waals surface area contributed by atoms with Crippen LogP contribution in [0.15, 0.2) is 24.3 Å². The summed E-state index contributed by atoms with van der Waals surface area (Å²) in [5.41, 5.74) is 5.71. The summed E-state index contributed by atoms with van der Waals surface area (Å²) in [5, 5.41) is 0.609. The molecule has 0 saturated heterocycles. The molecule has 0 aliphatic carbocycles. The molecule has 0 bridgehead atoms. The molecule has 60 valence electrons. The maximum absolute atomic E-state index is 12.8. The van der Waals surface area contributed by atoms with Crippen LogP contribution >= 0.6 is 11.6 Å². The fourth-order valence-electron chi connectivity index (χ4n) is 0.808. The molecule has 1 rings (SSSR count). The van der Waals surface area contributed by atoms with Gasteiger partial charge in [0, 0.05) is 11.6 Å². The zero-order chi connectivity index (χ0) is 8.27. The van der Waals surface area contributed by atoms with Gasteiger partial charge in [0.05, 0.1) is 0 Å². The Morgan fingerprint density at radius 2 is 1.91 bits per heavy atom. The molecule has 1 aromatic rings. The van der Waals surface area contributed by atoms with Crippen LogP contribution in [0.3, 0.4) is 0 Å². The van der Waals surface area contributed by atoms with Crippen molar-refractivity contribution in [3.05, 3.63) is 34.9 Å². The molecule has 0 aliphatic heterocycles. The van der Waals surface area contributed by atoms with Gasteiger partial charge in [0.15, 0.2) is 0 Å². The Balaban J connectivity index is 2.81. The highest BCUT2D eigenvalue weighted by molar-refractivity contribution is 6.30. The van der Waals surface area contributed by atoms with Crippen LogP contribution in [0.4, 0.5) is 4.39 Å². The molecule has 1 aromatic carbocycles. The molecule has 1 unspecified atom stereocenters. The van der Waals surface area contributed by atoms with Crippen LogP contribution in [0.5, 0.6) is 0 Å². The van der Waals surface area contributed by atoms with Crippen LogP contribution in [-0.4, -0.2) is 6.54 Å². The van der Waals surface area contributed by atoms with Gasteiger partial charge < -0.3 is 5.73 Å². The topological polar surface area (TPSA) is 26.0 Å². The second kappa shape index (κ2) is 3.69. The summed E-state index contributed by atoms with van der Waals surface area (Å²) in [7, 11) is 0. The zero-order valence-electron chi connectivity index (χ0n) is 5.93. The Morgan fingerprint density at radius 3 is 2.36 bits per heavy atom. The second-order valence-electron chi connectivity index (χ2n) is 2.25. The predicted molar refractivity (Wildman–Crippen MR) is 44.4 cm³/mol. The Labute approximate surface area is 70.0 Å². The first-order chi connectivity index (χ1) is 5.24. The zero-order valence-corrected chi connectivity index (χ0v) is 6.68. The molecule has 0 radical (unpaired) electrons. The standard InChI is InChI=1S/C8H9ClFN/c9-7-3-1-6(2-4-7)8(10)5-11/h1-4,8H,5,11H2. The summed E-state index contributed by atoms with van der Waals surface area (Å²) in [6.07, 6.45) is -1.08. The van der Waals surface area contributed by atoms with Crippen LogP contribution in [-0.2, 0) is 0 Å². The van der Waals surface area contributed by atoms with Gasteiger partial charge in [-0.1, -0.05) is 23.7 Å². The SMILES string of the molecule is NCC(F)c1ccc(Cl)cc1. The highest BCUT2D eigenvalue weighted by atomic mass is 35.5. The number of nitrogens with two attached hydrogens (primary N) is 1. The third-order valence-corrected chi connectivity index (χ3v) is 1.69. The number of benzene rings is 1.